The van der Waals surface area contributed by atoms with Crippen molar-refractivity contribution in [3.05, 3.63) is 23.8 Å². The van der Waals surface area contributed by atoms with Crippen LogP contribution in [0, 0.1) is 0 Å². The van der Waals surface area contributed by atoms with E-state index in [1.807, 2.05) is 0 Å². The Hall–Kier alpha value is -2.13. The van der Waals surface area contributed by atoms with E-state index >= 15 is 0 Å². The maximum Gasteiger partial charge on any atom is 0.307 e. The zero-order chi connectivity index (χ0) is 19.2. The number of ether oxygens (including phenoxy) is 2. The molecule has 0 aliphatic carbocycles. The van der Waals surface area contributed by atoms with Gasteiger partial charge in [-0.1, -0.05) is 0 Å². The number of sulfonamides is 1. The lowest BCUT2D eigenvalue weighted by Gasteiger charge is -2.15. The maximum absolute atomic E-state index is 12.3. The first-order chi connectivity index (χ1) is 11.6. The first-order valence-electron chi connectivity index (χ1n) is 7.67. The molecule has 0 aliphatic rings. The van der Waals surface area contributed by atoms with Crippen molar-refractivity contribution in [3.8, 4) is 5.75 Å². The largest absolute Gasteiger partial charge is 0.495 e. The minimum absolute atomic E-state index is 0.0307. The lowest BCUT2D eigenvalue weighted by molar-refractivity contribution is -0.147. The molecule has 0 saturated carbocycles. The van der Waals surface area contributed by atoms with Gasteiger partial charge in [-0.25, -0.2) is 12.7 Å². The topological polar surface area (TPSA) is 102 Å². The molecule has 140 valence electrons. The van der Waals surface area contributed by atoms with Crippen LogP contribution in [0.25, 0.3) is 0 Å². The second kappa shape index (κ2) is 8.82. The third kappa shape index (κ3) is 5.71. The first-order valence-corrected chi connectivity index (χ1v) is 9.11. The fraction of sp³-hybridized carbons (Fsp3) is 0.500. The van der Waals surface area contributed by atoms with E-state index in [0.717, 1.165) is 4.31 Å². The zero-order valence-corrected chi connectivity index (χ0v) is 15.8. The van der Waals surface area contributed by atoms with Gasteiger partial charge in [-0.15, -0.1) is 0 Å². The summed E-state index contributed by atoms with van der Waals surface area (Å²) in [5.41, 5.74) is 0.151. The Morgan fingerprint density at radius 1 is 1.24 bits per heavy atom. The van der Waals surface area contributed by atoms with Crippen LogP contribution in [0.4, 0.5) is 0 Å². The predicted octanol–water partition coefficient (Wildman–Crippen LogP) is 1.02. The monoisotopic (exact) mass is 372 g/mol. The van der Waals surface area contributed by atoms with E-state index in [-0.39, 0.29) is 35.3 Å². The number of carbonyl (C=O) groups is 2. The van der Waals surface area contributed by atoms with Crippen molar-refractivity contribution >= 4 is 21.9 Å². The van der Waals surface area contributed by atoms with Crippen LogP contribution in [-0.4, -0.2) is 58.5 Å². The molecule has 0 unspecified atom stereocenters. The molecule has 1 rings (SSSR count). The summed E-state index contributed by atoms with van der Waals surface area (Å²) in [5, 5.41) is 2.56. The highest BCUT2D eigenvalue weighted by Gasteiger charge is 2.23. The van der Waals surface area contributed by atoms with Gasteiger partial charge >= 0.3 is 5.97 Å². The first kappa shape index (κ1) is 20.9. The van der Waals surface area contributed by atoms with Crippen molar-refractivity contribution < 1.29 is 27.5 Å². The number of rotatable bonds is 8. The van der Waals surface area contributed by atoms with Gasteiger partial charge < -0.3 is 14.8 Å². The van der Waals surface area contributed by atoms with Gasteiger partial charge in [0, 0.05) is 26.2 Å². The number of methoxy groups -OCH3 is 1. The molecule has 0 fully saturated rings. The number of hydrogen-bond donors (Lipinski definition) is 1. The van der Waals surface area contributed by atoms with Crippen molar-refractivity contribution in [1.82, 2.24) is 9.62 Å². The number of carbonyl (C=O) groups excluding carboxylic acids is 2. The van der Waals surface area contributed by atoms with Gasteiger partial charge in [0.2, 0.25) is 10.0 Å². The van der Waals surface area contributed by atoms with Gasteiger partial charge in [0.05, 0.1) is 19.6 Å². The second-order valence-electron chi connectivity index (χ2n) is 5.70. The number of amides is 1. The van der Waals surface area contributed by atoms with E-state index in [4.69, 9.17) is 9.47 Å². The van der Waals surface area contributed by atoms with Crippen molar-refractivity contribution in [2.24, 2.45) is 0 Å². The van der Waals surface area contributed by atoms with Crippen LogP contribution in [0.15, 0.2) is 23.1 Å². The minimum Gasteiger partial charge on any atom is -0.495 e. The van der Waals surface area contributed by atoms with E-state index in [1.165, 1.54) is 39.4 Å². The molecule has 0 bridgehead atoms. The quantitative estimate of drug-likeness (QED) is 0.684. The Kier molecular flexibility index (Phi) is 7.38. The van der Waals surface area contributed by atoms with E-state index in [2.05, 4.69) is 5.32 Å². The molecule has 1 N–H and O–H groups in total. The second-order valence-corrected chi connectivity index (χ2v) is 7.82. The van der Waals surface area contributed by atoms with Crippen LogP contribution in [-0.2, 0) is 19.6 Å². The lowest BCUT2D eigenvalue weighted by atomic mass is 10.2. The maximum atomic E-state index is 12.3. The van der Waals surface area contributed by atoms with Crippen molar-refractivity contribution in [2.75, 3.05) is 27.7 Å². The van der Waals surface area contributed by atoms with E-state index < -0.39 is 21.9 Å². The smallest absolute Gasteiger partial charge is 0.307 e. The van der Waals surface area contributed by atoms with E-state index in [1.54, 1.807) is 13.8 Å². The number of hydrogen-bond acceptors (Lipinski definition) is 6. The summed E-state index contributed by atoms with van der Waals surface area (Å²) < 4.78 is 35.8. The number of esters is 1. The summed E-state index contributed by atoms with van der Waals surface area (Å²) in [4.78, 5) is 23.5. The molecular formula is C16H24N2O6S. The summed E-state index contributed by atoms with van der Waals surface area (Å²) in [5.74, 6) is -0.762. The average Bonchev–Trinajstić information content (AvgIpc) is 2.53. The molecule has 1 amide bonds. The van der Waals surface area contributed by atoms with Crippen LogP contribution in [0.3, 0.4) is 0 Å². The Bertz CT molecular complexity index is 728. The van der Waals surface area contributed by atoms with Crippen molar-refractivity contribution in [3.63, 3.8) is 0 Å². The summed E-state index contributed by atoms with van der Waals surface area (Å²) >= 11 is 0. The molecule has 0 aromatic heterocycles. The number of nitrogens with one attached hydrogen (secondary N) is 1. The fourth-order valence-electron chi connectivity index (χ4n) is 1.92. The summed E-state index contributed by atoms with van der Waals surface area (Å²) in [7, 11) is 0.364. The van der Waals surface area contributed by atoms with Gasteiger partial charge in [0.15, 0.2) is 0 Å². The third-order valence-corrected chi connectivity index (χ3v) is 5.00. The minimum atomic E-state index is -3.77. The number of nitrogens with zero attached hydrogens (tertiary/aromatic N) is 1. The van der Waals surface area contributed by atoms with Crippen LogP contribution in [0.5, 0.6) is 5.75 Å². The Morgan fingerprint density at radius 2 is 1.88 bits per heavy atom. The molecule has 0 aliphatic heterocycles. The van der Waals surface area contributed by atoms with E-state index in [0.29, 0.717) is 0 Å². The van der Waals surface area contributed by atoms with Gasteiger partial charge in [0.1, 0.15) is 10.6 Å². The highest BCUT2D eigenvalue weighted by atomic mass is 32.2. The molecule has 0 saturated heterocycles. The van der Waals surface area contributed by atoms with E-state index in [9.17, 15) is 18.0 Å². The van der Waals surface area contributed by atoms with Gasteiger partial charge in [-0.05, 0) is 32.0 Å². The standard InChI is InChI=1S/C16H24N2O6S/c1-11(2)24-15(19)8-9-17-16(20)12-6-7-13(23-5)14(10-12)25(21,22)18(3)4/h6-7,10-11H,8-9H2,1-5H3,(H,17,20). The molecular weight excluding hydrogens is 348 g/mol. The molecule has 25 heavy (non-hydrogen) atoms. The van der Waals surface area contributed by atoms with Gasteiger partial charge in [-0.3, -0.25) is 9.59 Å². The van der Waals surface area contributed by atoms with Gasteiger partial charge in [-0.2, -0.15) is 0 Å². The van der Waals surface area contributed by atoms with Crippen LogP contribution in [0.1, 0.15) is 30.6 Å². The Labute approximate surface area is 148 Å². The van der Waals surface area contributed by atoms with Crippen LogP contribution < -0.4 is 10.1 Å². The van der Waals surface area contributed by atoms with Crippen LogP contribution >= 0.6 is 0 Å². The van der Waals surface area contributed by atoms with Crippen LogP contribution in [0.2, 0.25) is 0 Å². The predicted molar refractivity (Wildman–Crippen MR) is 92.0 cm³/mol. The summed E-state index contributed by atoms with van der Waals surface area (Å²) in [6.45, 7) is 3.56. The summed E-state index contributed by atoms with van der Waals surface area (Å²) in [6, 6.07) is 4.11. The molecule has 0 atom stereocenters. The Balaban J connectivity index is 2.89. The lowest BCUT2D eigenvalue weighted by Crippen LogP contribution is -2.28. The molecule has 1 aromatic rings. The molecule has 0 radical (unpaired) electrons. The average molecular weight is 372 g/mol. The molecule has 0 spiro atoms. The molecule has 1 aromatic carbocycles. The molecule has 9 heteroatoms. The van der Waals surface area contributed by atoms with Crippen molar-refractivity contribution in [2.45, 2.75) is 31.3 Å². The highest BCUT2D eigenvalue weighted by Crippen LogP contribution is 2.26. The number of benzene rings is 1. The third-order valence-electron chi connectivity index (χ3n) is 3.17. The molecule has 8 nitrogen and oxygen atoms in total. The highest BCUT2D eigenvalue weighted by molar-refractivity contribution is 7.89. The SMILES string of the molecule is COc1ccc(C(=O)NCCC(=O)OC(C)C)cc1S(=O)(=O)N(C)C. The fourth-order valence-corrected chi connectivity index (χ4v) is 2.99. The molecule has 0 heterocycles. The van der Waals surface area contributed by atoms with Crippen molar-refractivity contribution in [1.29, 1.82) is 0 Å². The summed E-state index contributed by atoms with van der Waals surface area (Å²) in [6.07, 6.45) is -0.188. The normalized spacial score (nSPS) is 11.5. The zero-order valence-electron chi connectivity index (χ0n) is 15.0. The van der Waals surface area contributed by atoms with Gasteiger partial charge in [0.25, 0.3) is 5.91 Å². The Morgan fingerprint density at radius 3 is 2.40 bits per heavy atom.